The largest absolute Gasteiger partial charge is 0.365 e. The summed E-state index contributed by atoms with van der Waals surface area (Å²) < 4.78 is 0. The topological polar surface area (TPSA) is 29.0 Å². The van der Waals surface area contributed by atoms with Gasteiger partial charge in [0, 0.05) is 18.1 Å². The highest BCUT2D eigenvalue weighted by atomic mass is 35.5. The Morgan fingerprint density at radius 3 is 2.32 bits per heavy atom. The van der Waals surface area contributed by atoms with Crippen molar-refractivity contribution in [3.8, 4) is 0 Å². The van der Waals surface area contributed by atoms with E-state index in [9.17, 15) is 0 Å². The van der Waals surface area contributed by atoms with Gasteiger partial charge in [-0.3, -0.25) is 0 Å². The molecule has 0 amide bonds. The molecule has 0 saturated carbocycles. The fourth-order valence-corrected chi connectivity index (χ4v) is 2.26. The summed E-state index contributed by atoms with van der Waals surface area (Å²) in [5, 5.41) is 8.87. The van der Waals surface area contributed by atoms with Gasteiger partial charge in [-0.05, 0) is 24.6 Å². The molecule has 2 rings (SSSR count). The van der Waals surface area contributed by atoms with E-state index in [0.717, 1.165) is 11.3 Å². The van der Waals surface area contributed by atoms with Gasteiger partial charge in [-0.2, -0.15) is 0 Å². The van der Waals surface area contributed by atoms with Gasteiger partial charge in [0.25, 0.3) is 0 Å². The second kappa shape index (κ2) is 5.95. The Balaban J connectivity index is 2.30. The molecule has 0 N–H and O–H groups in total. The van der Waals surface area contributed by atoms with E-state index < -0.39 is 0 Å². The van der Waals surface area contributed by atoms with Crippen molar-refractivity contribution in [1.29, 1.82) is 0 Å². The zero-order valence-electron chi connectivity index (χ0n) is 10.4. The predicted octanol–water partition coefficient (Wildman–Crippen LogP) is 4.63. The van der Waals surface area contributed by atoms with Crippen LogP contribution in [0.4, 0.5) is 5.69 Å². The minimum absolute atomic E-state index is 0.107. The smallest absolute Gasteiger partial charge is 0.175 e. The predicted molar refractivity (Wildman–Crippen MR) is 80.3 cm³/mol. The monoisotopic (exact) mass is 315 g/mol. The average molecular weight is 317 g/mol. The SMILES string of the molecule is CC(c1ccc(Cl)cc1)N(C)c1cc(Cl)nnc1Cl. The Morgan fingerprint density at radius 1 is 1.05 bits per heavy atom. The molecule has 0 spiro atoms. The van der Waals surface area contributed by atoms with E-state index in [1.165, 1.54) is 0 Å². The highest BCUT2D eigenvalue weighted by Crippen LogP contribution is 2.31. The van der Waals surface area contributed by atoms with Crippen molar-refractivity contribution in [3.63, 3.8) is 0 Å². The molecule has 1 aromatic carbocycles. The van der Waals surface area contributed by atoms with Gasteiger partial charge in [-0.15, -0.1) is 10.2 Å². The van der Waals surface area contributed by atoms with Crippen LogP contribution in [-0.4, -0.2) is 17.2 Å². The first kappa shape index (κ1) is 14.4. The summed E-state index contributed by atoms with van der Waals surface area (Å²) in [6, 6.07) is 9.49. The van der Waals surface area contributed by atoms with Crippen molar-refractivity contribution in [3.05, 3.63) is 51.2 Å². The van der Waals surface area contributed by atoms with E-state index in [4.69, 9.17) is 34.8 Å². The van der Waals surface area contributed by atoms with Gasteiger partial charge in [0.2, 0.25) is 0 Å². The van der Waals surface area contributed by atoms with Crippen LogP contribution in [0.2, 0.25) is 15.3 Å². The van der Waals surface area contributed by atoms with Crippen LogP contribution in [0.25, 0.3) is 0 Å². The molecule has 0 aliphatic rings. The quantitative estimate of drug-likeness (QED) is 0.826. The van der Waals surface area contributed by atoms with Crippen LogP contribution in [0.1, 0.15) is 18.5 Å². The minimum Gasteiger partial charge on any atom is -0.365 e. The molecule has 1 aromatic heterocycles. The summed E-state index contributed by atoms with van der Waals surface area (Å²) in [6.07, 6.45) is 0. The zero-order valence-corrected chi connectivity index (χ0v) is 12.7. The molecule has 0 fully saturated rings. The maximum Gasteiger partial charge on any atom is 0.175 e. The highest BCUT2D eigenvalue weighted by Gasteiger charge is 2.16. The molecule has 0 aliphatic carbocycles. The van der Waals surface area contributed by atoms with Crippen LogP contribution in [-0.2, 0) is 0 Å². The van der Waals surface area contributed by atoms with E-state index in [1.807, 2.05) is 36.2 Å². The summed E-state index contributed by atoms with van der Waals surface area (Å²) >= 11 is 17.8. The number of hydrogen-bond acceptors (Lipinski definition) is 3. The molecule has 3 nitrogen and oxygen atoms in total. The average Bonchev–Trinajstić information content (AvgIpc) is 2.41. The first-order chi connectivity index (χ1) is 8.99. The number of halogens is 3. The van der Waals surface area contributed by atoms with E-state index in [0.29, 0.717) is 15.3 Å². The van der Waals surface area contributed by atoms with Crippen LogP contribution >= 0.6 is 34.8 Å². The van der Waals surface area contributed by atoms with E-state index in [-0.39, 0.29) is 6.04 Å². The first-order valence-electron chi connectivity index (χ1n) is 5.66. The molecule has 6 heteroatoms. The van der Waals surface area contributed by atoms with Crippen molar-refractivity contribution in [2.45, 2.75) is 13.0 Å². The third-order valence-corrected chi connectivity index (χ3v) is 3.72. The molecule has 0 radical (unpaired) electrons. The van der Waals surface area contributed by atoms with E-state index in [2.05, 4.69) is 17.1 Å². The first-order valence-corrected chi connectivity index (χ1v) is 6.79. The van der Waals surface area contributed by atoms with Gasteiger partial charge in [-0.1, -0.05) is 46.9 Å². The molecule has 0 saturated heterocycles. The molecular formula is C13H12Cl3N3. The molecule has 1 unspecified atom stereocenters. The summed E-state index contributed by atoms with van der Waals surface area (Å²) in [7, 11) is 1.93. The fraction of sp³-hybridized carbons (Fsp3) is 0.231. The molecular weight excluding hydrogens is 305 g/mol. The Hall–Kier alpha value is -1.03. The number of benzene rings is 1. The lowest BCUT2D eigenvalue weighted by molar-refractivity contribution is 0.736. The van der Waals surface area contributed by atoms with Crippen molar-refractivity contribution < 1.29 is 0 Å². The fourth-order valence-electron chi connectivity index (χ4n) is 1.77. The number of aromatic nitrogens is 2. The highest BCUT2D eigenvalue weighted by molar-refractivity contribution is 6.33. The molecule has 19 heavy (non-hydrogen) atoms. The van der Waals surface area contributed by atoms with Crippen molar-refractivity contribution in [2.24, 2.45) is 0 Å². The maximum absolute atomic E-state index is 6.05. The van der Waals surface area contributed by atoms with E-state index >= 15 is 0 Å². The summed E-state index contributed by atoms with van der Waals surface area (Å²) in [4.78, 5) is 1.99. The summed E-state index contributed by atoms with van der Waals surface area (Å²) in [6.45, 7) is 2.06. The second-order valence-corrected chi connectivity index (χ2v) is 5.36. The Morgan fingerprint density at radius 2 is 1.68 bits per heavy atom. The van der Waals surface area contributed by atoms with Crippen molar-refractivity contribution in [2.75, 3.05) is 11.9 Å². The third kappa shape index (κ3) is 3.30. The van der Waals surface area contributed by atoms with Gasteiger partial charge in [0.05, 0.1) is 11.7 Å². The lowest BCUT2D eigenvalue weighted by Gasteiger charge is -2.27. The number of nitrogens with zero attached hydrogens (tertiary/aromatic N) is 3. The Labute approximate surface area is 127 Å². The normalized spacial score (nSPS) is 12.3. The maximum atomic E-state index is 6.05. The molecule has 0 aliphatic heterocycles. The standard InChI is InChI=1S/C13H12Cl3N3/c1-8(9-3-5-10(14)6-4-9)19(2)11-7-12(15)17-18-13(11)16/h3-8H,1-2H3. The van der Waals surface area contributed by atoms with Gasteiger partial charge in [0.1, 0.15) is 0 Å². The van der Waals surface area contributed by atoms with Crippen molar-refractivity contribution >= 4 is 40.5 Å². The zero-order chi connectivity index (χ0) is 14.0. The minimum atomic E-state index is 0.107. The molecule has 100 valence electrons. The van der Waals surface area contributed by atoms with Crippen LogP contribution < -0.4 is 4.90 Å². The molecule has 2 aromatic rings. The molecule has 1 atom stereocenters. The van der Waals surface area contributed by atoms with Crippen LogP contribution in [0.5, 0.6) is 0 Å². The van der Waals surface area contributed by atoms with Gasteiger partial charge in [-0.25, -0.2) is 0 Å². The van der Waals surface area contributed by atoms with Gasteiger partial charge < -0.3 is 4.90 Å². The second-order valence-electron chi connectivity index (χ2n) is 4.18. The van der Waals surface area contributed by atoms with Crippen LogP contribution in [0.15, 0.2) is 30.3 Å². The van der Waals surface area contributed by atoms with Gasteiger partial charge in [0.15, 0.2) is 10.3 Å². The number of rotatable bonds is 3. The summed E-state index contributed by atoms with van der Waals surface area (Å²) in [5.74, 6) is 0. The summed E-state index contributed by atoms with van der Waals surface area (Å²) in [5.41, 5.74) is 1.86. The molecule has 1 heterocycles. The van der Waals surface area contributed by atoms with Crippen LogP contribution in [0, 0.1) is 0 Å². The van der Waals surface area contributed by atoms with Crippen LogP contribution in [0.3, 0.4) is 0 Å². The lowest BCUT2D eigenvalue weighted by Crippen LogP contribution is -2.22. The third-order valence-electron chi connectivity index (χ3n) is 3.01. The number of hydrogen-bond donors (Lipinski definition) is 0. The Bertz CT molecular complexity index is 572. The number of anilines is 1. The lowest BCUT2D eigenvalue weighted by atomic mass is 10.1. The van der Waals surface area contributed by atoms with Gasteiger partial charge >= 0.3 is 0 Å². The van der Waals surface area contributed by atoms with Crippen molar-refractivity contribution in [1.82, 2.24) is 10.2 Å². The molecule has 0 bridgehead atoms. The van der Waals surface area contributed by atoms with E-state index in [1.54, 1.807) is 6.07 Å². The Kier molecular flexibility index (Phi) is 4.50.